The highest BCUT2D eigenvalue weighted by Gasteiger charge is 2.30. The fourth-order valence-corrected chi connectivity index (χ4v) is 2.36. The van der Waals surface area contributed by atoms with Gasteiger partial charge in [0.05, 0.1) is 0 Å². The number of hydrogen-bond donors (Lipinski definition) is 1. The van der Waals surface area contributed by atoms with Crippen LogP contribution in [-0.4, -0.2) is 5.91 Å². The Labute approximate surface area is 83.8 Å². The van der Waals surface area contributed by atoms with E-state index in [1.165, 1.54) is 5.57 Å². The summed E-state index contributed by atoms with van der Waals surface area (Å²) in [6.45, 7) is 0. The van der Waals surface area contributed by atoms with E-state index in [-0.39, 0.29) is 5.91 Å². The summed E-state index contributed by atoms with van der Waals surface area (Å²) in [5, 5.41) is 2.85. The van der Waals surface area contributed by atoms with Crippen LogP contribution in [0.4, 0.5) is 0 Å². The minimum absolute atomic E-state index is 0.0266. The maximum absolute atomic E-state index is 11.4. The van der Waals surface area contributed by atoms with Crippen molar-refractivity contribution in [2.24, 2.45) is 0 Å². The Hall–Kier alpha value is -1.09. The summed E-state index contributed by atoms with van der Waals surface area (Å²) < 4.78 is 1.07. The summed E-state index contributed by atoms with van der Waals surface area (Å²) in [5.74, 6) is 0.0266. The molecule has 0 spiro atoms. The lowest BCUT2D eigenvalue weighted by molar-refractivity contribution is -0.115. The monoisotopic (exact) mass is 235 g/mol. The largest absolute Gasteiger partial charge is 0.322 e. The molecule has 13 heavy (non-hydrogen) atoms. The van der Waals surface area contributed by atoms with Gasteiger partial charge < -0.3 is 5.32 Å². The Bertz CT molecular complexity index is 452. The number of carbonyl (C=O) groups excluding carboxylic acids is 1. The Kier molecular flexibility index (Phi) is 1.26. The molecule has 0 radical (unpaired) electrons. The van der Waals surface area contributed by atoms with E-state index < -0.39 is 0 Å². The van der Waals surface area contributed by atoms with Crippen LogP contribution in [0.2, 0.25) is 0 Å². The molecule has 0 saturated heterocycles. The van der Waals surface area contributed by atoms with Gasteiger partial charge in [-0.2, -0.15) is 0 Å². The first-order valence-corrected chi connectivity index (χ1v) is 4.88. The second-order valence-electron chi connectivity index (χ2n) is 3.29. The molecule has 0 aromatic carbocycles. The molecule has 1 aliphatic heterocycles. The Morgan fingerprint density at radius 2 is 2.23 bits per heavy atom. The molecule has 3 heteroatoms. The quantitative estimate of drug-likeness (QED) is 0.683. The summed E-state index contributed by atoms with van der Waals surface area (Å²) in [6.07, 6.45) is 6.74. The third-order valence-electron chi connectivity index (χ3n) is 2.54. The normalized spacial score (nSPS) is 23.8. The van der Waals surface area contributed by atoms with E-state index in [1.54, 1.807) is 0 Å². The average molecular weight is 236 g/mol. The van der Waals surface area contributed by atoms with Crippen molar-refractivity contribution in [3.05, 3.63) is 45.1 Å². The second-order valence-corrected chi connectivity index (χ2v) is 4.14. The number of carbonyl (C=O) groups is 1. The van der Waals surface area contributed by atoms with Crippen molar-refractivity contribution in [2.75, 3.05) is 0 Å². The van der Waals surface area contributed by atoms with E-state index in [4.69, 9.17) is 0 Å². The fraction of sp³-hybridized carbons (Fsp3) is 0.100. The van der Waals surface area contributed by atoms with E-state index in [1.807, 2.05) is 18.2 Å². The molecule has 0 atom stereocenters. The Morgan fingerprint density at radius 1 is 1.38 bits per heavy atom. The van der Waals surface area contributed by atoms with Crippen LogP contribution in [0.1, 0.15) is 6.42 Å². The van der Waals surface area contributed by atoms with Crippen LogP contribution in [-0.2, 0) is 4.79 Å². The molecular formula is C10H6BrNO. The van der Waals surface area contributed by atoms with E-state index in [2.05, 4.69) is 21.2 Å². The minimum Gasteiger partial charge on any atom is -0.322 e. The van der Waals surface area contributed by atoms with E-state index in [9.17, 15) is 4.79 Å². The van der Waals surface area contributed by atoms with Gasteiger partial charge in [-0.15, -0.1) is 0 Å². The lowest BCUT2D eigenvalue weighted by Gasteiger charge is -2.16. The second kappa shape index (κ2) is 2.23. The van der Waals surface area contributed by atoms with Crippen molar-refractivity contribution < 1.29 is 4.79 Å². The summed E-state index contributed by atoms with van der Waals surface area (Å²) in [4.78, 5) is 11.4. The molecule has 0 unspecified atom stereocenters. The lowest BCUT2D eigenvalue weighted by atomic mass is 9.90. The highest BCUT2D eigenvalue weighted by Crippen LogP contribution is 2.39. The molecule has 2 aliphatic carbocycles. The topological polar surface area (TPSA) is 29.1 Å². The van der Waals surface area contributed by atoms with Crippen LogP contribution >= 0.6 is 15.9 Å². The van der Waals surface area contributed by atoms with Crippen LogP contribution in [0.5, 0.6) is 0 Å². The molecule has 2 nitrogen and oxygen atoms in total. The number of rotatable bonds is 0. The summed E-state index contributed by atoms with van der Waals surface area (Å²) in [6, 6.07) is 0. The third kappa shape index (κ3) is 0.851. The van der Waals surface area contributed by atoms with Gasteiger partial charge in [-0.05, 0) is 23.3 Å². The van der Waals surface area contributed by atoms with Crippen molar-refractivity contribution in [1.82, 2.24) is 5.32 Å². The van der Waals surface area contributed by atoms with Crippen LogP contribution in [0.15, 0.2) is 45.1 Å². The standard InChI is InChI=1S/C10H6BrNO/c11-8-4-9-7-3-5(8)1-2-6(7)10(13)12-9/h1-2,4H,3H2,(H,12,13). The maximum Gasteiger partial charge on any atom is 0.256 e. The number of amides is 1. The number of hydrogen-bond acceptors (Lipinski definition) is 1. The minimum atomic E-state index is 0.0266. The first-order chi connectivity index (χ1) is 6.25. The number of halogens is 1. The predicted molar refractivity (Wildman–Crippen MR) is 53.0 cm³/mol. The smallest absolute Gasteiger partial charge is 0.256 e. The molecule has 3 aliphatic rings. The molecule has 1 amide bonds. The van der Waals surface area contributed by atoms with Crippen molar-refractivity contribution >= 4 is 21.8 Å². The first-order valence-electron chi connectivity index (χ1n) is 4.09. The van der Waals surface area contributed by atoms with Gasteiger partial charge in [0, 0.05) is 22.2 Å². The van der Waals surface area contributed by atoms with Crippen molar-refractivity contribution in [3.63, 3.8) is 0 Å². The van der Waals surface area contributed by atoms with Gasteiger partial charge >= 0.3 is 0 Å². The van der Waals surface area contributed by atoms with Gasteiger partial charge in [0.25, 0.3) is 5.91 Å². The van der Waals surface area contributed by atoms with Crippen LogP contribution < -0.4 is 5.32 Å². The zero-order valence-corrected chi connectivity index (χ0v) is 8.31. The molecule has 1 heterocycles. The molecule has 64 valence electrons. The predicted octanol–water partition coefficient (Wildman–Crippen LogP) is 1.92. The van der Waals surface area contributed by atoms with Crippen molar-refractivity contribution in [1.29, 1.82) is 0 Å². The van der Waals surface area contributed by atoms with Crippen LogP contribution in [0, 0.1) is 0 Å². The molecule has 1 N–H and O–H groups in total. The summed E-state index contributed by atoms with van der Waals surface area (Å²) in [7, 11) is 0. The molecular weight excluding hydrogens is 230 g/mol. The van der Waals surface area contributed by atoms with E-state index in [0.29, 0.717) is 0 Å². The maximum atomic E-state index is 11.4. The van der Waals surface area contributed by atoms with Crippen molar-refractivity contribution in [2.45, 2.75) is 6.42 Å². The summed E-state index contributed by atoms with van der Waals surface area (Å²) in [5.41, 5.74) is 4.18. The first kappa shape index (κ1) is 7.33. The zero-order chi connectivity index (χ0) is 9.00. The van der Waals surface area contributed by atoms with E-state index in [0.717, 1.165) is 27.7 Å². The molecule has 0 aromatic rings. The van der Waals surface area contributed by atoms with Crippen LogP contribution in [0.3, 0.4) is 0 Å². The Morgan fingerprint density at radius 3 is 3.08 bits per heavy atom. The van der Waals surface area contributed by atoms with Crippen molar-refractivity contribution in [3.8, 4) is 0 Å². The zero-order valence-electron chi connectivity index (χ0n) is 6.73. The highest BCUT2D eigenvalue weighted by molar-refractivity contribution is 9.11. The number of allylic oxidation sites excluding steroid dienone is 5. The SMILES string of the molecule is O=C1NC2=CC(Br)=C3C=CC1=C2C3. The van der Waals surface area contributed by atoms with Gasteiger partial charge in [0.2, 0.25) is 0 Å². The highest BCUT2D eigenvalue weighted by atomic mass is 79.9. The number of fused-ring (bicyclic) bond motifs is 1. The lowest BCUT2D eigenvalue weighted by Crippen LogP contribution is -2.15. The molecule has 3 rings (SSSR count). The molecule has 0 aromatic heterocycles. The van der Waals surface area contributed by atoms with E-state index >= 15 is 0 Å². The van der Waals surface area contributed by atoms with Gasteiger partial charge in [-0.25, -0.2) is 0 Å². The molecule has 0 saturated carbocycles. The Balaban J connectivity index is 2.30. The molecule has 0 fully saturated rings. The summed E-state index contributed by atoms with van der Waals surface area (Å²) >= 11 is 3.47. The van der Waals surface area contributed by atoms with Gasteiger partial charge in [0.15, 0.2) is 0 Å². The third-order valence-corrected chi connectivity index (χ3v) is 3.28. The number of nitrogens with one attached hydrogen (secondary N) is 1. The van der Waals surface area contributed by atoms with Gasteiger partial charge in [-0.1, -0.05) is 22.0 Å². The molecule has 2 bridgehead atoms. The average Bonchev–Trinajstić information content (AvgIpc) is 2.45. The van der Waals surface area contributed by atoms with Gasteiger partial charge in [-0.3, -0.25) is 4.79 Å². The van der Waals surface area contributed by atoms with Crippen LogP contribution in [0.25, 0.3) is 0 Å². The fourth-order valence-electron chi connectivity index (χ4n) is 1.85. The van der Waals surface area contributed by atoms with Gasteiger partial charge in [0.1, 0.15) is 0 Å².